The summed E-state index contributed by atoms with van der Waals surface area (Å²) in [5.74, 6) is 1.28. The Kier molecular flexibility index (Phi) is 14.5. The molecule has 2 N–H and O–H groups in total. The molecule has 2 nitrogen and oxygen atoms in total. The molecule has 42 heavy (non-hydrogen) atoms. The molecule has 2 aliphatic carbocycles. The van der Waals surface area contributed by atoms with E-state index >= 15 is 0 Å². The number of aliphatic hydroxyl groups excluding tert-OH is 2. The summed E-state index contributed by atoms with van der Waals surface area (Å²) < 4.78 is 0. The standard InChI is InChI=1S/C40H64O2/c1-29(17-13-19-31(3)21-23-37-33(5)25-35(41)27-39(37,7)8)15-11-12-16-30(2)18-14-20-32(4)22-24-38-34(6)26-36(42)28-40(38,9)10/h11-13,15-17,19,25,32,35-37,41-42H,14,18,20-24,26-28H2,1-10H3/b12-11-,17-13-,29-15-,30-16-,31-19-/t32?,35-,36-,37+/m0/s1. The predicted octanol–water partition coefficient (Wildman–Crippen LogP) is 11.2. The van der Waals surface area contributed by atoms with Crippen LogP contribution < -0.4 is 0 Å². The summed E-state index contributed by atoms with van der Waals surface area (Å²) in [6.07, 6.45) is 27.9. The van der Waals surface area contributed by atoms with Gasteiger partial charge in [-0.2, -0.15) is 0 Å². The van der Waals surface area contributed by atoms with Gasteiger partial charge in [0.25, 0.3) is 0 Å². The van der Waals surface area contributed by atoms with Crippen LogP contribution in [-0.4, -0.2) is 22.4 Å². The molecule has 2 aliphatic rings. The first kappa shape index (κ1) is 36.3. The molecular weight excluding hydrogens is 512 g/mol. The third-order valence-corrected chi connectivity index (χ3v) is 9.88. The Bertz CT molecular complexity index is 1080. The molecule has 0 bridgehead atoms. The lowest BCUT2D eigenvalue weighted by Crippen LogP contribution is -2.33. The van der Waals surface area contributed by atoms with E-state index in [1.54, 1.807) is 5.57 Å². The normalized spacial score (nSPS) is 26.3. The van der Waals surface area contributed by atoms with Crippen molar-refractivity contribution in [3.63, 3.8) is 0 Å². The van der Waals surface area contributed by atoms with Crippen molar-refractivity contribution in [3.05, 3.63) is 82.0 Å². The average Bonchev–Trinajstić information content (AvgIpc) is 2.84. The molecule has 0 aromatic heterocycles. The minimum Gasteiger partial charge on any atom is -0.393 e. The van der Waals surface area contributed by atoms with Crippen LogP contribution in [0, 0.1) is 22.7 Å². The average molecular weight is 577 g/mol. The van der Waals surface area contributed by atoms with Crippen LogP contribution in [0.5, 0.6) is 0 Å². The number of hydrogen-bond acceptors (Lipinski definition) is 2. The summed E-state index contributed by atoms with van der Waals surface area (Å²) in [5, 5.41) is 20.2. The van der Waals surface area contributed by atoms with Gasteiger partial charge >= 0.3 is 0 Å². The van der Waals surface area contributed by atoms with Crippen LogP contribution in [0.25, 0.3) is 0 Å². The zero-order valence-electron chi connectivity index (χ0n) is 28.9. The van der Waals surface area contributed by atoms with Gasteiger partial charge in [0.1, 0.15) is 0 Å². The van der Waals surface area contributed by atoms with Gasteiger partial charge in [-0.1, -0.05) is 123 Å². The maximum absolute atomic E-state index is 10.2. The van der Waals surface area contributed by atoms with E-state index in [-0.39, 0.29) is 23.0 Å². The molecule has 1 unspecified atom stereocenters. The molecule has 2 rings (SSSR count). The molecule has 0 spiro atoms. The van der Waals surface area contributed by atoms with E-state index in [0.717, 1.165) is 44.4 Å². The van der Waals surface area contributed by atoms with Gasteiger partial charge in [0, 0.05) is 0 Å². The summed E-state index contributed by atoms with van der Waals surface area (Å²) in [4.78, 5) is 0. The molecule has 2 heteroatoms. The van der Waals surface area contributed by atoms with Crippen molar-refractivity contribution in [2.24, 2.45) is 22.7 Å². The molecule has 0 aliphatic heterocycles. The molecule has 0 heterocycles. The first-order chi connectivity index (χ1) is 19.6. The fourth-order valence-corrected chi connectivity index (χ4v) is 7.44. The third-order valence-electron chi connectivity index (χ3n) is 9.88. The van der Waals surface area contributed by atoms with E-state index in [9.17, 15) is 10.2 Å². The van der Waals surface area contributed by atoms with Crippen LogP contribution in [0.3, 0.4) is 0 Å². The number of rotatable bonds is 14. The summed E-state index contributed by atoms with van der Waals surface area (Å²) in [5.41, 5.74) is 8.75. The van der Waals surface area contributed by atoms with E-state index in [1.807, 2.05) is 0 Å². The van der Waals surface area contributed by atoms with E-state index in [4.69, 9.17) is 0 Å². The monoisotopic (exact) mass is 576 g/mol. The Hall–Kier alpha value is -1.90. The third kappa shape index (κ3) is 12.4. The summed E-state index contributed by atoms with van der Waals surface area (Å²) in [6.45, 7) is 22.6. The highest BCUT2D eigenvalue weighted by molar-refractivity contribution is 5.27. The van der Waals surface area contributed by atoms with Gasteiger partial charge < -0.3 is 10.2 Å². The number of hydrogen-bond donors (Lipinski definition) is 2. The molecule has 0 saturated heterocycles. The molecule has 0 radical (unpaired) electrons. The van der Waals surface area contributed by atoms with Gasteiger partial charge in [-0.25, -0.2) is 0 Å². The molecular formula is C40H64O2. The second-order valence-electron chi connectivity index (χ2n) is 15.2. The molecule has 236 valence electrons. The van der Waals surface area contributed by atoms with Crippen LogP contribution in [0.2, 0.25) is 0 Å². The Labute approximate surface area is 260 Å². The van der Waals surface area contributed by atoms with Crippen molar-refractivity contribution in [2.75, 3.05) is 0 Å². The molecule has 0 aromatic carbocycles. The Morgan fingerprint density at radius 2 is 1.55 bits per heavy atom. The van der Waals surface area contributed by atoms with Gasteiger partial charge in [-0.15, -0.1) is 0 Å². The molecule has 0 aromatic rings. The lowest BCUT2D eigenvalue weighted by Gasteiger charge is -2.40. The van der Waals surface area contributed by atoms with E-state index in [0.29, 0.717) is 5.92 Å². The van der Waals surface area contributed by atoms with Crippen molar-refractivity contribution in [1.82, 2.24) is 0 Å². The zero-order valence-corrected chi connectivity index (χ0v) is 28.9. The van der Waals surface area contributed by atoms with Crippen molar-refractivity contribution in [1.29, 1.82) is 0 Å². The van der Waals surface area contributed by atoms with Crippen LogP contribution in [-0.2, 0) is 0 Å². The summed E-state index contributed by atoms with van der Waals surface area (Å²) in [6, 6.07) is 0. The zero-order chi connectivity index (χ0) is 31.5. The van der Waals surface area contributed by atoms with Crippen molar-refractivity contribution >= 4 is 0 Å². The van der Waals surface area contributed by atoms with Gasteiger partial charge in [0.05, 0.1) is 12.2 Å². The highest BCUT2D eigenvalue weighted by Crippen LogP contribution is 2.44. The highest BCUT2D eigenvalue weighted by atomic mass is 16.3. The first-order valence-electron chi connectivity index (χ1n) is 16.7. The minimum atomic E-state index is -0.289. The van der Waals surface area contributed by atoms with Gasteiger partial charge in [0.15, 0.2) is 0 Å². The number of allylic oxidation sites excluding steroid dienone is 12. The topological polar surface area (TPSA) is 40.5 Å². The van der Waals surface area contributed by atoms with Gasteiger partial charge in [0.2, 0.25) is 0 Å². The molecule has 0 amide bonds. The number of aliphatic hydroxyl groups is 2. The minimum absolute atomic E-state index is 0.140. The largest absolute Gasteiger partial charge is 0.393 e. The molecule has 0 saturated carbocycles. The van der Waals surface area contributed by atoms with Crippen molar-refractivity contribution < 1.29 is 10.2 Å². The second kappa shape index (κ2) is 16.8. The van der Waals surface area contributed by atoms with Crippen LogP contribution in [0.1, 0.15) is 133 Å². The highest BCUT2D eigenvalue weighted by Gasteiger charge is 2.35. The van der Waals surface area contributed by atoms with E-state index in [1.165, 1.54) is 53.5 Å². The Balaban J connectivity index is 1.71. The quantitative estimate of drug-likeness (QED) is 0.159. The molecule has 0 fully saturated rings. The lowest BCUT2D eigenvalue weighted by atomic mass is 9.66. The Morgan fingerprint density at radius 3 is 2.21 bits per heavy atom. The second-order valence-corrected chi connectivity index (χ2v) is 15.2. The Morgan fingerprint density at radius 1 is 0.905 bits per heavy atom. The van der Waals surface area contributed by atoms with Crippen molar-refractivity contribution in [3.8, 4) is 0 Å². The summed E-state index contributed by atoms with van der Waals surface area (Å²) in [7, 11) is 0. The smallest absolute Gasteiger partial charge is 0.0728 e. The predicted molar refractivity (Wildman–Crippen MR) is 184 cm³/mol. The maximum Gasteiger partial charge on any atom is 0.0728 e. The fourth-order valence-electron chi connectivity index (χ4n) is 7.44. The van der Waals surface area contributed by atoms with E-state index in [2.05, 4.69) is 118 Å². The first-order valence-corrected chi connectivity index (χ1v) is 16.7. The van der Waals surface area contributed by atoms with Crippen LogP contribution in [0.15, 0.2) is 82.0 Å². The lowest BCUT2D eigenvalue weighted by molar-refractivity contribution is 0.0983. The maximum atomic E-state index is 10.2. The van der Waals surface area contributed by atoms with Gasteiger partial charge in [-0.3, -0.25) is 0 Å². The SMILES string of the molecule is CC1=C[C@H](O)CC(C)(C)[C@@H]1CC\C(C)=C/C=C\C(C)=C/C=C\C=C(\C)CCCC(C)CCC1=C(C)C[C@H](O)CC1(C)C. The van der Waals surface area contributed by atoms with Gasteiger partial charge in [-0.05, 0) is 115 Å². The van der Waals surface area contributed by atoms with Crippen LogP contribution >= 0.6 is 0 Å². The summed E-state index contributed by atoms with van der Waals surface area (Å²) >= 11 is 0. The molecule has 4 atom stereocenters. The fraction of sp³-hybridized carbons (Fsp3) is 0.650. The van der Waals surface area contributed by atoms with Crippen molar-refractivity contribution in [2.45, 2.75) is 146 Å². The van der Waals surface area contributed by atoms with E-state index < -0.39 is 0 Å². The van der Waals surface area contributed by atoms with Crippen LogP contribution in [0.4, 0.5) is 0 Å².